The van der Waals surface area contributed by atoms with Crippen molar-refractivity contribution in [3.63, 3.8) is 0 Å². The van der Waals surface area contributed by atoms with Gasteiger partial charge in [-0.15, -0.1) is 0 Å². The summed E-state index contributed by atoms with van der Waals surface area (Å²) in [5.41, 5.74) is 1.76. The molecule has 1 saturated heterocycles. The summed E-state index contributed by atoms with van der Waals surface area (Å²) in [6.45, 7) is 6.96. The van der Waals surface area contributed by atoms with Crippen LogP contribution >= 0.6 is 15.9 Å². The highest BCUT2D eigenvalue weighted by atomic mass is 79.9. The summed E-state index contributed by atoms with van der Waals surface area (Å²) >= 11 is 3.40. The predicted octanol–water partition coefficient (Wildman–Crippen LogP) is 5.29. The standard InChI is InChI=1S/C21H25BrN2O3/c1-21(2,3)27-20(25)24-12-9-18(10-13-24)26-17-6-4-15(5-7-17)16-8-11-23-19(22)14-16/h4-8,11,14,18H,9-10,12-13H2,1-3H3. The molecule has 6 heteroatoms. The van der Waals surface area contributed by atoms with Crippen LogP contribution < -0.4 is 4.74 Å². The number of piperidine rings is 1. The largest absolute Gasteiger partial charge is 0.490 e. The number of hydrogen-bond acceptors (Lipinski definition) is 4. The molecule has 0 N–H and O–H groups in total. The van der Waals surface area contributed by atoms with Gasteiger partial charge in [0.25, 0.3) is 0 Å². The third-order valence-electron chi connectivity index (χ3n) is 4.31. The maximum atomic E-state index is 12.1. The van der Waals surface area contributed by atoms with E-state index in [0.717, 1.165) is 34.3 Å². The number of hydrogen-bond donors (Lipinski definition) is 0. The number of nitrogens with zero attached hydrogens (tertiary/aromatic N) is 2. The van der Waals surface area contributed by atoms with Gasteiger partial charge in [0.05, 0.1) is 0 Å². The zero-order chi connectivity index (χ0) is 19.4. The van der Waals surface area contributed by atoms with E-state index in [1.807, 2.05) is 57.2 Å². The second-order valence-corrected chi connectivity index (χ2v) is 8.49. The van der Waals surface area contributed by atoms with Crippen LogP contribution in [0.5, 0.6) is 5.75 Å². The summed E-state index contributed by atoms with van der Waals surface area (Å²) in [4.78, 5) is 18.0. The van der Waals surface area contributed by atoms with Gasteiger partial charge in [0.2, 0.25) is 0 Å². The molecule has 1 aromatic heterocycles. The zero-order valence-corrected chi connectivity index (χ0v) is 17.5. The molecule has 1 aromatic carbocycles. The molecule has 2 aromatic rings. The van der Waals surface area contributed by atoms with E-state index in [2.05, 4.69) is 20.9 Å². The Kier molecular flexibility index (Phi) is 6.05. The molecule has 2 heterocycles. The first-order valence-electron chi connectivity index (χ1n) is 9.17. The molecule has 144 valence electrons. The zero-order valence-electron chi connectivity index (χ0n) is 15.9. The van der Waals surface area contributed by atoms with E-state index < -0.39 is 5.60 Å². The Hall–Kier alpha value is -2.08. The number of halogens is 1. The minimum absolute atomic E-state index is 0.115. The van der Waals surface area contributed by atoms with Crippen LogP contribution in [0.1, 0.15) is 33.6 Å². The van der Waals surface area contributed by atoms with Gasteiger partial charge in [-0.25, -0.2) is 9.78 Å². The second kappa shape index (κ2) is 8.30. The van der Waals surface area contributed by atoms with E-state index in [-0.39, 0.29) is 12.2 Å². The Morgan fingerprint density at radius 1 is 1.11 bits per heavy atom. The lowest BCUT2D eigenvalue weighted by molar-refractivity contribution is 0.0126. The normalized spacial score (nSPS) is 15.5. The van der Waals surface area contributed by atoms with E-state index in [1.54, 1.807) is 11.1 Å². The van der Waals surface area contributed by atoms with E-state index >= 15 is 0 Å². The molecule has 1 aliphatic rings. The number of carbonyl (C=O) groups is 1. The van der Waals surface area contributed by atoms with Crippen molar-refractivity contribution in [2.24, 2.45) is 0 Å². The summed E-state index contributed by atoms with van der Waals surface area (Å²) in [5.74, 6) is 0.850. The van der Waals surface area contributed by atoms with Crippen LogP contribution in [0.3, 0.4) is 0 Å². The van der Waals surface area contributed by atoms with Crippen molar-refractivity contribution in [1.82, 2.24) is 9.88 Å². The van der Waals surface area contributed by atoms with Crippen LogP contribution in [0.4, 0.5) is 4.79 Å². The first kappa shape index (κ1) is 19.7. The van der Waals surface area contributed by atoms with Crippen LogP contribution in [-0.4, -0.2) is 40.8 Å². The smallest absolute Gasteiger partial charge is 0.410 e. The van der Waals surface area contributed by atoms with Crippen LogP contribution in [0.25, 0.3) is 11.1 Å². The fraction of sp³-hybridized carbons (Fsp3) is 0.429. The van der Waals surface area contributed by atoms with Crippen molar-refractivity contribution in [1.29, 1.82) is 0 Å². The fourth-order valence-corrected chi connectivity index (χ4v) is 3.35. The van der Waals surface area contributed by atoms with Gasteiger partial charge < -0.3 is 14.4 Å². The number of likely N-dealkylation sites (tertiary alicyclic amines) is 1. The molecule has 1 fully saturated rings. The molecule has 0 atom stereocenters. The van der Waals surface area contributed by atoms with Gasteiger partial charge in [-0.05, 0) is 72.1 Å². The molecule has 0 radical (unpaired) electrons. The maximum absolute atomic E-state index is 12.1. The minimum atomic E-state index is -0.462. The highest BCUT2D eigenvalue weighted by Gasteiger charge is 2.27. The number of ether oxygens (including phenoxy) is 2. The second-order valence-electron chi connectivity index (χ2n) is 7.68. The van der Waals surface area contributed by atoms with Gasteiger partial charge in [-0.3, -0.25) is 0 Å². The number of carbonyl (C=O) groups excluding carboxylic acids is 1. The van der Waals surface area contributed by atoms with Gasteiger partial charge in [0.15, 0.2) is 0 Å². The Labute approximate surface area is 168 Å². The lowest BCUT2D eigenvalue weighted by Gasteiger charge is -2.33. The van der Waals surface area contributed by atoms with Crippen molar-refractivity contribution in [3.8, 4) is 16.9 Å². The number of aromatic nitrogens is 1. The first-order chi connectivity index (χ1) is 12.8. The molecule has 0 aliphatic carbocycles. The van der Waals surface area contributed by atoms with Crippen molar-refractivity contribution >= 4 is 22.0 Å². The van der Waals surface area contributed by atoms with Gasteiger partial charge >= 0.3 is 6.09 Å². The van der Waals surface area contributed by atoms with Crippen LogP contribution in [0, 0.1) is 0 Å². The number of benzene rings is 1. The van der Waals surface area contributed by atoms with E-state index in [1.165, 1.54) is 0 Å². The third-order valence-corrected chi connectivity index (χ3v) is 4.74. The average Bonchev–Trinajstić information content (AvgIpc) is 2.61. The maximum Gasteiger partial charge on any atom is 0.410 e. The summed E-state index contributed by atoms with van der Waals surface area (Å²) in [5, 5.41) is 0. The Bertz CT molecular complexity index is 779. The van der Waals surface area contributed by atoms with Crippen molar-refractivity contribution in [2.75, 3.05) is 13.1 Å². The molecule has 27 heavy (non-hydrogen) atoms. The molecule has 0 unspecified atom stereocenters. The number of pyridine rings is 1. The highest BCUT2D eigenvalue weighted by molar-refractivity contribution is 9.10. The summed E-state index contributed by atoms with van der Waals surface area (Å²) in [6, 6.07) is 12.0. The number of rotatable bonds is 3. The SMILES string of the molecule is CC(C)(C)OC(=O)N1CCC(Oc2ccc(-c3ccnc(Br)c3)cc2)CC1. The Morgan fingerprint density at radius 3 is 2.37 bits per heavy atom. The third kappa shape index (κ3) is 5.70. The molecule has 0 saturated carbocycles. The lowest BCUT2D eigenvalue weighted by Crippen LogP contribution is -2.44. The molecular formula is C21H25BrN2O3. The molecule has 1 aliphatic heterocycles. The lowest BCUT2D eigenvalue weighted by atomic mass is 10.1. The van der Waals surface area contributed by atoms with Gasteiger partial charge in [0.1, 0.15) is 22.1 Å². The monoisotopic (exact) mass is 432 g/mol. The first-order valence-corrected chi connectivity index (χ1v) is 9.96. The minimum Gasteiger partial charge on any atom is -0.490 e. The van der Waals surface area contributed by atoms with E-state index in [4.69, 9.17) is 9.47 Å². The molecule has 0 bridgehead atoms. The van der Waals surface area contributed by atoms with E-state index in [9.17, 15) is 4.79 Å². The summed E-state index contributed by atoms with van der Waals surface area (Å²) in [7, 11) is 0. The van der Waals surface area contributed by atoms with Crippen molar-refractivity contribution in [3.05, 3.63) is 47.2 Å². The van der Waals surface area contributed by atoms with Gasteiger partial charge in [-0.2, -0.15) is 0 Å². The molecule has 5 nitrogen and oxygen atoms in total. The van der Waals surface area contributed by atoms with Crippen LogP contribution in [0.2, 0.25) is 0 Å². The van der Waals surface area contributed by atoms with Crippen molar-refractivity contribution in [2.45, 2.75) is 45.3 Å². The van der Waals surface area contributed by atoms with Crippen LogP contribution in [-0.2, 0) is 4.74 Å². The Balaban J connectivity index is 1.53. The van der Waals surface area contributed by atoms with Gasteiger partial charge in [0, 0.05) is 32.1 Å². The Morgan fingerprint density at radius 2 is 1.78 bits per heavy atom. The van der Waals surface area contributed by atoms with E-state index in [0.29, 0.717) is 13.1 Å². The molecule has 0 spiro atoms. The fourth-order valence-electron chi connectivity index (χ4n) is 2.98. The van der Waals surface area contributed by atoms with Crippen molar-refractivity contribution < 1.29 is 14.3 Å². The molecule has 1 amide bonds. The average molecular weight is 433 g/mol. The summed E-state index contributed by atoms with van der Waals surface area (Å²) < 4.78 is 12.3. The molecular weight excluding hydrogens is 408 g/mol. The van der Waals surface area contributed by atoms with Gasteiger partial charge in [-0.1, -0.05) is 12.1 Å². The number of amides is 1. The summed E-state index contributed by atoms with van der Waals surface area (Å²) in [6.07, 6.45) is 3.26. The van der Waals surface area contributed by atoms with Crippen LogP contribution in [0.15, 0.2) is 47.2 Å². The highest BCUT2D eigenvalue weighted by Crippen LogP contribution is 2.26. The topological polar surface area (TPSA) is 51.7 Å². The quantitative estimate of drug-likeness (QED) is 0.618. The molecule has 3 rings (SSSR count). The predicted molar refractivity (Wildman–Crippen MR) is 109 cm³/mol.